The second-order valence-electron chi connectivity index (χ2n) is 2.75. The highest BCUT2D eigenvalue weighted by molar-refractivity contribution is 5.06. The quantitative estimate of drug-likeness (QED) is 0.693. The van der Waals surface area contributed by atoms with E-state index in [0.717, 1.165) is 18.8 Å². The number of likely N-dealkylation sites (N-methyl/N-ethyl adjacent to an activating group) is 1. The predicted octanol–water partition coefficient (Wildman–Crippen LogP) is 0.719. The monoisotopic (exact) mass is 153 g/mol. The Morgan fingerprint density at radius 1 is 1.55 bits per heavy atom. The molecule has 0 spiro atoms. The summed E-state index contributed by atoms with van der Waals surface area (Å²) < 4.78 is 2.02. The molecule has 1 heterocycles. The van der Waals surface area contributed by atoms with Gasteiger partial charge in [-0.15, -0.1) is 0 Å². The lowest BCUT2D eigenvalue weighted by Crippen LogP contribution is -2.16. The van der Waals surface area contributed by atoms with Gasteiger partial charge in [-0.1, -0.05) is 0 Å². The first-order valence-corrected chi connectivity index (χ1v) is 3.89. The Morgan fingerprint density at radius 3 is 2.73 bits per heavy atom. The average molecular weight is 153 g/mol. The lowest BCUT2D eigenvalue weighted by atomic mass is 10.4. The van der Waals surface area contributed by atoms with Crippen LogP contribution >= 0.6 is 0 Å². The third kappa shape index (κ3) is 2.05. The topological polar surface area (TPSA) is 29.9 Å². The number of rotatable bonds is 3. The zero-order valence-corrected chi connectivity index (χ0v) is 7.39. The van der Waals surface area contributed by atoms with E-state index in [-0.39, 0.29) is 0 Å². The van der Waals surface area contributed by atoms with E-state index in [1.807, 2.05) is 18.7 Å². The first-order valence-electron chi connectivity index (χ1n) is 3.89. The molecule has 0 unspecified atom stereocenters. The van der Waals surface area contributed by atoms with Crippen molar-refractivity contribution in [3.63, 3.8) is 0 Å². The van der Waals surface area contributed by atoms with Gasteiger partial charge in [0.25, 0.3) is 0 Å². The van der Waals surface area contributed by atoms with Crippen LogP contribution in [0.4, 0.5) is 0 Å². The van der Waals surface area contributed by atoms with Crippen molar-refractivity contribution in [2.45, 2.75) is 20.4 Å². The van der Waals surface area contributed by atoms with Crippen LogP contribution in [0.1, 0.15) is 11.4 Å². The molecule has 1 aromatic heterocycles. The Morgan fingerprint density at radius 2 is 2.27 bits per heavy atom. The Bertz CT molecular complexity index is 227. The van der Waals surface area contributed by atoms with E-state index >= 15 is 0 Å². The van der Waals surface area contributed by atoms with Crippen LogP contribution in [-0.2, 0) is 6.54 Å². The summed E-state index contributed by atoms with van der Waals surface area (Å²) in [6, 6.07) is 2.09. The van der Waals surface area contributed by atoms with Crippen LogP contribution < -0.4 is 5.32 Å². The number of nitrogens with zero attached hydrogens (tertiary/aromatic N) is 2. The van der Waals surface area contributed by atoms with Crippen LogP contribution in [-0.4, -0.2) is 23.4 Å². The van der Waals surface area contributed by atoms with Crippen molar-refractivity contribution in [1.29, 1.82) is 0 Å². The molecule has 0 aliphatic carbocycles. The molecule has 1 aromatic rings. The van der Waals surface area contributed by atoms with E-state index in [2.05, 4.69) is 23.4 Å². The number of hydrogen-bond acceptors (Lipinski definition) is 2. The van der Waals surface area contributed by atoms with Crippen molar-refractivity contribution in [2.24, 2.45) is 0 Å². The highest BCUT2D eigenvalue weighted by Gasteiger charge is 1.97. The molecule has 3 heteroatoms. The standard InChI is InChI=1S/C8H15N3/c1-7-6-8(2)11(10-7)5-4-9-3/h6,9H,4-5H2,1-3H3. The Kier molecular flexibility index (Phi) is 2.65. The molecule has 11 heavy (non-hydrogen) atoms. The zero-order chi connectivity index (χ0) is 8.27. The molecule has 3 nitrogen and oxygen atoms in total. The molecule has 0 aromatic carbocycles. The van der Waals surface area contributed by atoms with Gasteiger partial charge in [-0.3, -0.25) is 4.68 Å². The second-order valence-corrected chi connectivity index (χ2v) is 2.75. The molecule has 0 atom stereocenters. The van der Waals surface area contributed by atoms with Gasteiger partial charge in [-0.05, 0) is 27.0 Å². The van der Waals surface area contributed by atoms with Crippen LogP contribution in [0, 0.1) is 13.8 Å². The zero-order valence-electron chi connectivity index (χ0n) is 7.39. The predicted molar refractivity (Wildman–Crippen MR) is 45.6 cm³/mol. The Balaban J connectivity index is 2.62. The van der Waals surface area contributed by atoms with Gasteiger partial charge in [0, 0.05) is 12.2 Å². The molecule has 62 valence electrons. The fourth-order valence-corrected chi connectivity index (χ4v) is 1.12. The normalized spacial score (nSPS) is 10.5. The molecule has 0 saturated carbocycles. The summed E-state index contributed by atoms with van der Waals surface area (Å²) >= 11 is 0. The summed E-state index contributed by atoms with van der Waals surface area (Å²) in [6.45, 7) is 6.02. The van der Waals surface area contributed by atoms with Gasteiger partial charge < -0.3 is 5.32 Å². The van der Waals surface area contributed by atoms with Crippen molar-refractivity contribution in [3.05, 3.63) is 17.5 Å². The van der Waals surface area contributed by atoms with Crippen LogP contribution in [0.25, 0.3) is 0 Å². The van der Waals surface area contributed by atoms with Crippen LogP contribution in [0.15, 0.2) is 6.07 Å². The summed E-state index contributed by atoms with van der Waals surface area (Å²) in [7, 11) is 1.95. The Labute approximate surface area is 67.4 Å². The van der Waals surface area contributed by atoms with Crippen molar-refractivity contribution in [1.82, 2.24) is 15.1 Å². The SMILES string of the molecule is CNCCn1nc(C)cc1C. The van der Waals surface area contributed by atoms with Crippen LogP contribution in [0.3, 0.4) is 0 Å². The maximum atomic E-state index is 4.32. The molecule has 0 aliphatic heterocycles. The molecule has 0 saturated heterocycles. The molecular formula is C8H15N3. The third-order valence-electron chi connectivity index (χ3n) is 1.68. The summed E-state index contributed by atoms with van der Waals surface area (Å²) in [5.74, 6) is 0. The maximum absolute atomic E-state index is 4.32. The largest absolute Gasteiger partial charge is 0.318 e. The van der Waals surface area contributed by atoms with Crippen molar-refractivity contribution < 1.29 is 0 Å². The van der Waals surface area contributed by atoms with E-state index in [1.54, 1.807) is 0 Å². The molecule has 1 rings (SSSR count). The van der Waals surface area contributed by atoms with E-state index in [1.165, 1.54) is 5.69 Å². The number of hydrogen-bond donors (Lipinski definition) is 1. The summed E-state index contributed by atoms with van der Waals surface area (Å²) in [5, 5.41) is 7.42. The number of nitrogens with one attached hydrogen (secondary N) is 1. The fraction of sp³-hybridized carbons (Fsp3) is 0.625. The van der Waals surface area contributed by atoms with Gasteiger partial charge in [-0.25, -0.2) is 0 Å². The first-order chi connectivity index (χ1) is 5.24. The summed E-state index contributed by atoms with van der Waals surface area (Å²) in [6.07, 6.45) is 0. The molecule has 0 bridgehead atoms. The summed E-state index contributed by atoms with van der Waals surface area (Å²) in [4.78, 5) is 0. The minimum Gasteiger partial charge on any atom is -0.318 e. The lowest BCUT2D eigenvalue weighted by molar-refractivity contribution is 0.568. The number of aryl methyl sites for hydroxylation is 2. The minimum atomic E-state index is 0.955. The van der Waals surface area contributed by atoms with Crippen LogP contribution in [0.2, 0.25) is 0 Å². The smallest absolute Gasteiger partial charge is 0.0596 e. The molecule has 0 fully saturated rings. The lowest BCUT2D eigenvalue weighted by Gasteiger charge is -2.01. The average Bonchev–Trinajstić information content (AvgIpc) is 2.26. The number of aromatic nitrogens is 2. The highest BCUT2D eigenvalue weighted by atomic mass is 15.3. The van der Waals surface area contributed by atoms with E-state index < -0.39 is 0 Å². The van der Waals surface area contributed by atoms with Gasteiger partial charge in [0.1, 0.15) is 0 Å². The summed E-state index contributed by atoms with van der Waals surface area (Å²) in [5.41, 5.74) is 2.33. The molecule has 0 amide bonds. The molecule has 0 radical (unpaired) electrons. The van der Waals surface area contributed by atoms with Gasteiger partial charge in [0.05, 0.1) is 12.2 Å². The Hall–Kier alpha value is -0.830. The van der Waals surface area contributed by atoms with Gasteiger partial charge in [-0.2, -0.15) is 5.10 Å². The van der Waals surface area contributed by atoms with Crippen molar-refractivity contribution >= 4 is 0 Å². The highest BCUT2D eigenvalue weighted by Crippen LogP contribution is 2.00. The van der Waals surface area contributed by atoms with Gasteiger partial charge in [0.15, 0.2) is 0 Å². The van der Waals surface area contributed by atoms with E-state index in [4.69, 9.17) is 0 Å². The van der Waals surface area contributed by atoms with Crippen LogP contribution in [0.5, 0.6) is 0 Å². The van der Waals surface area contributed by atoms with E-state index in [0.29, 0.717) is 0 Å². The second kappa shape index (κ2) is 3.53. The minimum absolute atomic E-state index is 0.955. The molecule has 1 N–H and O–H groups in total. The van der Waals surface area contributed by atoms with E-state index in [9.17, 15) is 0 Å². The van der Waals surface area contributed by atoms with Gasteiger partial charge in [0.2, 0.25) is 0 Å². The maximum Gasteiger partial charge on any atom is 0.0596 e. The van der Waals surface area contributed by atoms with Gasteiger partial charge >= 0.3 is 0 Å². The molecular weight excluding hydrogens is 138 g/mol. The van der Waals surface area contributed by atoms with Crippen molar-refractivity contribution in [3.8, 4) is 0 Å². The van der Waals surface area contributed by atoms with Crippen molar-refractivity contribution in [2.75, 3.05) is 13.6 Å². The third-order valence-corrected chi connectivity index (χ3v) is 1.68. The molecule has 0 aliphatic rings. The first kappa shape index (κ1) is 8.27. The fourth-order valence-electron chi connectivity index (χ4n) is 1.12.